The summed E-state index contributed by atoms with van der Waals surface area (Å²) in [7, 11) is 1.83. The number of carbonyl (C=O) groups is 1. The van der Waals surface area contributed by atoms with Crippen molar-refractivity contribution in [2.45, 2.75) is 26.7 Å². The predicted octanol–water partition coefficient (Wildman–Crippen LogP) is 1.92. The van der Waals surface area contributed by atoms with Crippen LogP contribution in [0.25, 0.3) is 6.08 Å². The van der Waals surface area contributed by atoms with Crippen LogP contribution in [0.2, 0.25) is 0 Å². The van der Waals surface area contributed by atoms with Crippen LogP contribution >= 0.6 is 0 Å². The number of allylic oxidation sites excluding steroid dienone is 1. The van der Waals surface area contributed by atoms with Crippen LogP contribution < -0.4 is 0 Å². The summed E-state index contributed by atoms with van der Waals surface area (Å²) in [5, 5.41) is 4.25. The van der Waals surface area contributed by atoms with Gasteiger partial charge in [-0.3, -0.25) is 4.68 Å². The van der Waals surface area contributed by atoms with Gasteiger partial charge in [0, 0.05) is 25.1 Å². The normalized spacial score (nSPS) is 13.8. The first-order valence-corrected chi connectivity index (χ1v) is 6.23. The van der Waals surface area contributed by atoms with E-state index in [1.807, 2.05) is 20.0 Å². The first kappa shape index (κ1) is 12.7. The highest BCUT2D eigenvalue weighted by atomic mass is 16.5. The number of hydrogen-bond acceptors (Lipinski definition) is 4. The number of aromatic nitrogens is 2. The summed E-state index contributed by atoms with van der Waals surface area (Å²) >= 11 is 0. The molecule has 1 heterocycles. The standard InChI is InChI=1S/C13H18N2O3/c1-4-17-9-6-7-10-11(8-9)15(3)14-12(10)13(16)18-5-2/h8H,4-7H2,1-3H3. The maximum atomic E-state index is 11.8. The molecule has 0 aromatic carbocycles. The van der Waals surface area contributed by atoms with E-state index in [1.54, 1.807) is 11.6 Å². The van der Waals surface area contributed by atoms with Gasteiger partial charge in [0.05, 0.1) is 24.7 Å². The molecule has 0 atom stereocenters. The van der Waals surface area contributed by atoms with Crippen molar-refractivity contribution in [1.82, 2.24) is 9.78 Å². The minimum Gasteiger partial charge on any atom is -0.498 e. The highest BCUT2D eigenvalue weighted by Gasteiger charge is 2.24. The zero-order valence-electron chi connectivity index (χ0n) is 11.0. The number of aryl methyl sites for hydroxylation is 1. The Bertz CT molecular complexity index is 489. The lowest BCUT2D eigenvalue weighted by Gasteiger charge is -2.14. The Hall–Kier alpha value is -1.78. The van der Waals surface area contributed by atoms with Gasteiger partial charge in [0.15, 0.2) is 5.69 Å². The Labute approximate surface area is 106 Å². The molecule has 1 aromatic heterocycles. The minimum absolute atomic E-state index is 0.345. The average molecular weight is 250 g/mol. The van der Waals surface area contributed by atoms with Gasteiger partial charge in [0.25, 0.3) is 0 Å². The van der Waals surface area contributed by atoms with E-state index < -0.39 is 0 Å². The van der Waals surface area contributed by atoms with Crippen LogP contribution in [0.15, 0.2) is 5.76 Å². The molecule has 2 rings (SSSR count). The number of esters is 1. The topological polar surface area (TPSA) is 53.3 Å². The van der Waals surface area contributed by atoms with E-state index in [9.17, 15) is 4.79 Å². The van der Waals surface area contributed by atoms with Crippen LogP contribution in [-0.4, -0.2) is 29.0 Å². The molecule has 5 heteroatoms. The second kappa shape index (κ2) is 5.25. The van der Waals surface area contributed by atoms with Crippen LogP contribution in [-0.2, 0) is 22.9 Å². The third kappa shape index (κ3) is 2.25. The summed E-state index contributed by atoms with van der Waals surface area (Å²) in [6, 6.07) is 0. The Morgan fingerprint density at radius 2 is 2.17 bits per heavy atom. The molecule has 0 saturated carbocycles. The molecule has 1 aliphatic carbocycles. The number of fused-ring (bicyclic) bond motifs is 1. The Balaban J connectivity index is 2.34. The summed E-state index contributed by atoms with van der Waals surface area (Å²) in [5.74, 6) is 0.603. The molecule has 0 saturated heterocycles. The lowest BCUT2D eigenvalue weighted by molar-refractivity contribution is 0.0517. The van der Waals surface area contributed by atoms with Crippen molar-refractivity contribution in [2.24, 2.45) is 7.05 Å². The van der Waals surface area contributed by atoms with Crippen LogP contribution in [0.5, 0.6) is 0 Å². The zero-order chi connectivity index (χ0) is 13.1. The number of nitrogens with zero attached hydrogens (tertiary/aromatic N) is 2. The van der Waals surface area contributed by atoms with Gasteiger partial charge in [-0.2, -0.15) is 5.10 Å². The molecule has 0 N–H and O–H groups in total. The van der Waals surface area contributed by atoms with Crippen molar-refractivity contribution in [3.63, 3.8) is 0 Å². The number of ether oxygens (including phenoxy) is 2. The van der Waals surface area contributed by atoms with Gasteiger partial charge in [0.2, 0.25) is 0 Å². The van der Waals surface area contributed by atoms with Gasteiger partial charge in [-0.15, -0.1) is 0 Å². The first-order chi connectivity index (χ1) is 8.67. The average Bonchev–Trinajstić information content (AvgIpc) is 2.68. The Morgan fingerprint density at radius 3 is 2.83 bits per heavy atom. The molecule has 0 radical (unpaired) electrons. The van der Waals surface area contributed by atoms with Gasteiger partial charge < -0.3 is 9.47 Å². The molecule has 5 nitrogen and oxygen atoms in total. The molecule has 0 bridgehead atoms. The van der Waals surface area contributed by atoms with E-state index in [1.165, 1.54) is 0 Å². The highest BCUT2D eigenvalue weighted by molar-refractivity contribution is 5.90. The zero-order valence-corrected chi connectivity index (χ0v) is 11.0. The molecule has 18 heavy (non-hydrogen) atoms. The number of rotatable bonds is 4. The monoisotopic (exact) mass is 250 g/mol. The SMILES string of the molecule is CCOC(=O)c1nn(C)c2c1CCC(OCC)=C2. The van der Waals surface area contributed by atoms with Gasteiger partial charge in [-0.05, 0) is 20.3 Å². The van der Waals surface area contributed by atoms with Crippen molar-refractivity contribution in [3.05, 3.63) is 22.7 Å². The predicted molar refractivity (Wildman–Crippen MR) is 67.1 cm³/mol. The Kier molecular flexibility index (Phi) is 3.69. The lowest BCUT2D eigenvalue weighted by Crippen LogP contribution is -2.10. The smallest absolute Gasteiger partial charge is 0.359 e. The molecule has 0 unspecified atom stereocenters. The summed E-state index contributed by atoms with van der Waals surface area (Å²) < 4.78 is 12.2. The van der Waals surface area contributed by atoms with Crippen LogP contribution in [0, 0.1) is 0 Å². The van der Waals surface area contributed by atoms with E-state index in [4.69, 9.17) is 9.47 Å². The summed E-state index contributed by atoms with van der Waals surface area (Å²) in [6.45, 7) is 4.78. The van der Waals surface area contributed by atoms with Crippen molar-refractivity contribution >= 4 is 12.0 Å². The van der Waals surface area contributed by atoms with Gasteiger partial charge in [-0.25, -0.2) is 4.79 Å². The van der Waals surface area contributed by atoms with Crippen LogP contribution in [0.3, 0.4) is 0 Å². The van der Waals surface area contributed by atoms with Crippen molar-refractivity contribution in [3.8, 4) is 0 Å². The maximum Gasteiger partial charge on any atom is 0.359 e. The lowest BCUT2D eigenvalue weighted by atomic mass is 10.00. The van der Waals surface area contributed by atoms with Crippen LogP contribution in [0.4, 0.5) is 0 Å². The van der Waals surface area contributed by atoms with Crippen LogP contribution in [0.1, 0.15) is 42.0 Å². The third-order valence-electron chi connectivity index (χ3n) is 2.91. The quantitative estimate of drug-likeness (QED) is 0.766. The van der Waals surface area contributed by atoms with Crippen molar-refractivity contribution in [1.29, 1.82) is 0 Å². The summed E-state index contributed by atoms with van der Waals surface area (Å²) in [5.41, 5.74) is 2.33. The summed E-state index contributed by atoms with van der Waals surface area (Å²) in [6.07, 6.45) is 3.53. The molecule has 98 valence electrons. The van der Waals surface area contributed by atoms with E-state index in [0.717, 1.165) is 29.9 Å². The Morgan fingerprint density at radius 1 is 1.39 bits per heavy atom. The van der Waals surface area contributed by atoms with E-state index in [2.05, 4.69) is 5.10 Å². The minimum atomic E-state index is -0.345. The molecule has 1 aliphatic rings. The maximum absolute atomic E-state index is 11.8. The summed E-state index contributed by atoms with van der Waals surface area (Å²) in [4.78, 5) is 11.8. The molecule has 0 aliphatic heterocycles. The van der Waals surface area contributed by atoms with E-state index >= 15 is 0 Å². The number of carbonyl (C=O) groups excluding carboxylic acids is 1. The molecule has 0 amide bonds. The van der Waals surface area contributed by atoms with Crippen molar-refractivity contribution < 1.29 is 14.3 Å². The number of hydrogen-bond donors (Lipinski definition) is 0. The molecule has 1 aromatic rings. The van der Waals surface area contributed by atoms with Crippen molar-refractivity contribution in [2.75, 3.05) is 13.2 Å². The third-order valence-corrected chi connectivity index (χ3v) is 2.91. The fourth-order valence-electron chi connectivity index (χ4n) is 2.14. The van der Waals surface area contributed by atoms with Gasteiger partial charge >= 0.3 is 5.97 Å². The first-order valence-electron chi connectivity index (χ1n) is 6.23. The second-order valence-corrected chi connectivity index (χ2v) is 4.10. The fourth-order valence-corrected chi connectivity index (χ4v) is 2.14. The highest BCUT2D eigenvalue weighted by Crippen LogP contribution is 2.27. The molecule has 0 spiro atoms. The molecular formula is C13H18N2O3. The van der Waals surface area contributed by atoms with Gasteiger partial charge in [0.1, 0.15) is 0 Å². The van der Waals surface area contributed by atoms with E-state index in [0.29, 0.717) is 18.9 Å². The second-order valence-electron chi connectivity index (χ2n) is 4.10. The molecular weight excluding hydrogens is 232 g/mol. The largest absolute Gasteiger partial charge is 0.498 e. The van der Waals surface area contributed by atoms with Gasteiger partial charge in [-0.1, -0.05) is 0 Å². The molecule has 0 fully saturated rings. The van der Waals surface area contributed by atoms with E-state index in [-0.39, 0.29) is 5.97 Å². The fraction of sp³-hybridized carbons (Fsp3) is 0.538.